The Balaban J connectivity index is 0.713. The minimum absolute atomic E-state index is 0.0224. The Morgan fingerprint density at radius 3 is 2.16 bits per heavy atom. The second-order valence-electron chi connectivity index (χ2n) is 20.0. The number of benzene rings is 4. The van der Waals surface area contributed by atoms with Gasteiger partial charge in [0.1, 0.15) is 5.69 Å². The van der Waals surface area contributed by atoms with E-state index >= 15 is 0 Å². The van der Waals surface area contributed by atoms with Crippen LogP contribution in [0.3, 0.4) is 0 Å². The number of anilines is 2. The lowest BCUT2D eigenvalue weighted by Gasteiger charge is -2.34. The van der Waals surface area contributed by atoms with Crippen molar-refractivity contribution >= 4 is 46.8 Å². The number of aromatic nitrogens is 2. The molecule has 1 aromatic heterocycles. The molecule has 0 spiro atoms. The Hall–Kier alpha value is -7.80. The molecule has 1 unspecified atom stereocenters. The second kappa shape index (κ2) is 23.6. The highest BCUT2D eigenvalue weighted by molar-refractivity contribution is 6.24. The normalized spacial score (nSPS) is 15.9. The van der Waals surface area contributed by atoms with Gasteiger partial charge in [-0.25, -0.2) is 4.98 Å². The average Bonchev–Trinajstić information content (AvgIpc) is 3.66. The zero-order chi connectivity index (χ0) is 53.4. The van der Waals surface area contributed by atoms with Gasteiger partial charge in [0, 0.05) is 99.1 Å². The number of aryl methyl sites for hydroxylation is 1. The van der Waals surface area contributed by atoms with E-state index in [1.807, 2.05) is 66.4 Å². The Morgan fingerprint density at radius 2 is 1.47 bits per heavy atom. The van der Waals surface area contributed by atoms with Gasteiger partial charge >= 0.3 is 0 Å². The van der Waals surface area contributed by atoms with Crippen molar-refractivity contribution in [2.75, 3.05) is 82.9 Å². The summed E-state index contributed by atoms with van der Waals surface area (Å²) in [6.07, 6.45) is 2.45. The molecule has 2 fully saturated rings. The minimum Gasteiger partial charge on any atom is -0.378 e. The third-order valence-corrected chi connectivity index (χ3v) is 13.8. The number of hydrogen-bond acceptors (Lipinski definition) is 12. The summed E-state index contributed by atoms with van der Waals surface area (Å²) in [5, 5.41) is 11.4. The molecule has 3 aliphatic rings. The topological polar surface area (TPSA) is 214 Å². The van der Waals surface area contributed by atoms with Gasteiger partial charge in [0.15, 0.2) is 0 Å². The number of piperazine rings is 1. The number of fused-ring (bicyclic) bond motifs is 1. The lowest BCUT2D eigenvalue weighted by atomic mass is 9.86. The molecule has 75 heavy (non-hydrogen) atoms. The lowest BCUT2D eigenvalue weighted by Crippen LogP contribution is -2.49. The average molecular weight is 1020 g/mol. The molecule has 3 aliphatic heterocycles. The Kier molecular flexibility index (Phi) is 16.8. The molecule has 18 heteroatoms. The van der Waals surface area contributed by atoms with Crippen LogP contribution in [0, 0.1) is 6.92 Å². The van der Waals surface area contributed by atoms with Crippen molar-refractivity contribution in [3.63, 3.8) is 0 Å². The van der Waals surface area contributed by atoms with Crippen LogP contribution < -0.4 is 26.8 Å². The van der Waals surface area contributed by atoms with Crippen molar-refractivity contribution in [3.05, 3.63) is 158 Å². The summed E-state index contributed by atoms with van der Waals surface area (Å²) >= 11 is 0. The van der Waals surface area contributed by atoms with Crippen molar-refractivity contribution < 1.29 is 38.2 Å². The molecule has 0 radical (unpaired) electrons. The van der Waals surface area contributed by atoms with Gasteiger partial charge in [-0.2, -0.15) is 0 Å². The highest BCUT2D eigenvalue weighted by Gasteiger charge is 2.43. The van der Waals surface area contributed by atoms with Crippen molar-refractivity contribution in [1.82, 2.24) is 34.9 Å². The number of nitrogens with one attached hydrogen (secondary N) is 4. The fraction of sp³-hybridized carbons (Fsp3) is 0.368. The van der Waals surface area contributed by atoms with Gasteiger partial charge in [-0.05, 0) is 77.9 Å². The molecule has 0 saturated carbocycles. The fourth-order valence-electron chi connectivity index (χ4n) is 9.39. The van der Waals surface area contributed by atoms with Gasteiger partial charge in [-0.15, -0.1) is 0 Å². The Bertz CT molecular complexity index is 3050. The zero-order valence-corrected chi connectivity index (χ0v) is 43.3. The van der Waals surface area contributed by atoms with Gasteiger partial charge in [0.05, 0.1) is 55.8 Å². The number of carbonyl (C=O) groups is 6. The molecular formula is C57H65N9O9. The fourth-order valence-corrected chi connectivity index (χ4v) is 9.39. The molecule has 2 saturated heterocycles. The second-order valence-corrected chi connectivity index (χ2v) is 20.0. The number of hydrogen-bond donors (Lipinski definition) is 4. The first-order valence-electron chi connectivity index (χ1n) is 25.3. The molecule has 5 aromatic rings. The van der Waals surface area contributed by atoms with Crippen molar-refractivity contribution in [3.8, 4) is 11.3 Å². The van der Waals surface area contributed by atoms with Gasteiger partial charge in [-0.1, -0.05) is 69.8 Å². The van der Waals surface area contributed by atoms with Crippen LogP contribution in [-0.4, -0.2) is 138 Å². The van der Waals surface area contributed by atoms with Crippen LogP contribution in [0.1, 0.15) is 97.4 Å². The van der Waals surface area contributed by atoms with Gasteiger partial charge < -0.3 is 40.2 Å². The van der Waals surface area contributed by atoms with E-state index in [2.05, 4.69) is 53.5 Å². The predicted octanol–water partition coefficient (Wildman–Crippen LogP) is 5.30. The maximum absolute atomic E-state index is 13.5. The summed E-state index contributed by atoms with van der Waals surface area (Å²) in [6.45, 7) is 17.1. The van der Waals surface area contributed by atoms with Crippen LogP contribution in [0.15, 0.2) is 108 Å². The van der Waals surface area contributed by atoms with Crippen LogP contribution in [-0.2, 0) is 37.9 Å². The van der Waals surface area contributed by atoms with Crippen LogP contribution in [0.2, 0.25) is 0 Å². The Labute approximate surface area is 436 Å². The summed E-state index contributed by atoms with van der Waals surface area (Å²) in [6, 6.07) is 24.8. The molecule has 18 nitrogen and oxygen atoms in total. The number of amides is 6. The van der Waals surface area contributed by atoms with E-state index in [0.717, 1.165) is 27.2 Å². The Morgan fingerprint density at radius 1 is 0.800 bits per heavy atom. The van der Waals surface area contributed by atoms with Crippen molar-refractivity contribution in [2.45, 2.75) is 58.4 Å². The summed E-state index contributed by atoms with van der Waals surface area (Å²) < 4.78 is 12.9. The molecule has 392 valence electrons. The van der Waals surface area contributed by atoms with Crippen LogP contribution in [0.25, 0.3) is 11.3 Å². The quantitative estimate of drug-likeness (QED) is 0.0613. The molecule has 1 atom stereocenters. The molecule has 0 aliphatic carbocycles. The maximum Gasteiger partial charge on any atom is 0.272 e. The maximum atomic E-state index is 13.5. The molecular weight excluding hydrogens is 955 g/mol. The van der Waals surface area contributed by atoms with Gasteiger partial charge in [0.2, 0.25) is 11.8 Å². The smallest absolute Gasteiger partial charge is 0.272 e. The standard InChI is InChI=1S/C57H65N9O9/c1-36-42(9-7-11-44(36)62-52(69)39-17-19-41(20-18-39)57(3,4)5)47-35-63(6)55(72)46(61-47)33-38-13-15-40(16-14-38)53(70)65-26-24-64(25-27-65)28-30-75-32-31-74-29-23-58-50(68)34-59-45-12-8-10-43-51(45)56(73)66(54(43)71)48-21-22-49(67)60-37(48)2/h7-20,35,48,59H,2,21-34H2,1,3-6H3,(H,58,68)(H,60,67)(H,62,69). The van der Waals surface area contributed by atoms with E-state index in [1.165, 1.54) is 4.57 Å². The number of rotatable bonds is 19. The number of piperidine rings is 1. The zero-order valence-electron chi connectivity index (χ0n) is 43.3. The number of ether oxygens (including phenoxy) is 2. The SMILES string of the molecule is C=C1NC(=O)CCC1N1C(=O)c2cccc(NCC(=O)NCCOCCOCCN3CCN(C(=O)c4ccc(Cc5nc(-c6cccc(NC(=O)c7ccc(C(C)(C)C)cc7)c6C)cn(C)c5=O)cc4)CC3)c2C1=O. The number of nitrogens with zero attached hydrogens (tertiary/aromatic N) is 5. The summed E-state index contributed by atoms with van der Waals surface area (Å²) in [4.78, 5) is 101. The van der Waals surface area contributed by atoms with E-state index < -0.39 is 17.9 Å². The van der Waals surface area contributed by atoms with Crippen LogP contribution in [0.4, 0.5) is 11.4 Å². The summed E-state index contributed by atoms with van der Waals surface area (Å²) in [5.74, 6) is -1.76. The first kappa shape index (κ1) is 53.5. The summed E-state index contributed by atoms with van der Waals surface area (Å²) in [5.41, 5.74) is 7.20. The monoisotopic (exact) mass is 1020 g/mol. The van der Waals surface area contributed by atoms with E-state index in [1.54, 1.807) is 43.6 Å². The van der Waals surface area contributed by atoms with E-state index in [-0.39, 0.29) is 78.3 Å². The van der Waals surface area contributed by atoms with E-state index in [0.29, 0.717) is 98.6 Å². The molecule has 6 amide bonds. The number of carbonyl (C=O) groups excluding carboxylic acids is 6. The van der Waals surface area contributed by atoms with Gasteiger partial charge in [0.25, 0.3) is 29.2 Å². The lowest BCUT2D eigenvalue weighted by molar-refractivity contribution is -0.122. The molecule has 8 rings (SSSR count). The van der Waals surface area contributed by atoms with E-state index in [9.17, 15) is 33.6 Å². The van der Waals surface area contributed by atoms with Crippen LogP contribution in [0.5, 0.6) is 0 Å². The first-order valence-corrected chi connectivity index (χ1v) is 25.3. The largest absolute Gasteiger partial charge is 0.378 e. The molecule has 4 heterocycles. The van der Waals surface area contributed by atoms with Crippen molar-refractivity contribution in [1.29, 1.82) is 0 Å². The first-order chi connectivity index (χ1) is 36.0. The molecule has 0 bridgehead atoms. The highest BCUT2D eigenvalue weighted by Crippen LogP contribution is 2.34. The third-order valence-electron chi connectivity index (χ3n) is 13.8. The predicted molar refractivity (Wildman–Crippen MR) is 285 cm³/mol. The molecule has 4 aromatic carbocycles. The van der Waals surface area contributed by atoms with E-state index in [4.69, 9.17) is 14.5 Å². The number of imide groups is 1. The van der Waals surface area contributed by atoms with Crippen molar-refractivity contribution in [2.24, 2.45) is 7.05 Å². The highest BCUT2D eigenvalue weighted by atomic mass is 16.5. The molecule has 4 N–H and O–H groups in total. The third kappa shape index (κ3) is 12.8. The minimum atomic E-state index is -0.643. The van der Waals surface area contributed by atoms with Gasteiger partial charge in [-0.3, -0.25) is 43.4 Å². The summed E-state index contributed by atoms with van der Waals surface area (Å²) in [7, 11) is 1.70. The van der Waals surface area contributed by atoms with Crippen LogP contribution >= 0.6 is 0 Å².